The Morgan fingerprint density at radius 3 is 2.03 bits per heavy atom. The van der Waals surface area contributed by atoms with Crippen LogP contribution in [0.4, 0.5) is 4.79 Å². The second kappa shape index (κ2) is 10.4. The number of hydrogen-bond donors (Lipinski definition) is 2. The highest BCUT2D eigenvalue weighted by molar-refractivity contribution is 5.68. The molecule has 1 saturated heterocycles. The topological polar surface area (TPSA) is 88.5 Å². The number of β-amino-alcohol motifs (C(OH)–C–C–N with tert-alkyl or cyclic N) is 1. The van der Waals surface area contributed by atoms with Crippen molar-refractivity contribution in [3.8, 4) is 0 Å². The molecule has 1 fully saturated rings. The van der Waals surface area contributed by atoms with E-state index in [9.17, 15) is 15.0 Å². The van der Waals surface area contributed by atoms with Crippen molar-refractivity contribution < 1.29 is 29.2 Å². The Morgan fingerprint density at radius 1 is 1.00 bits per heavy atom. The zero-order valence-electron chi connectivity index (χ0n) is 18.9. The van der Waals surface area contributed by atoms with Crippen LogP contribution in [0.15, 0.2) is 60.7 Å². The van der Waals surface area contributed by atoms with E-state index in [1.165, 1.54) is 4.90 Å². The molecule has 2 N–H and O–H groups in total. The van der Waals surface area contributed by atoms with Gasteiger partial charge in [0.05, 0.1) is 32.9 Å². The summed E-state index contributed by atoms with van der Waals surface area (Å²) in [7, 11) is 0. The molecule has 3 rings (SSSR count). The van der Waals surface area contributed by atoms with Crippen LogP contribution >= 0.6 is 0 Å². The maximum Gasteiger partial charge on any atom is 0.410 e. The third-order valence-electron chi connectivity index (χ3n) is 5.24. The third kappa shape index (κ3) is 6.53. The predicted molar refractivity (Wildman–Crippen MR) is 120 cm³/mol. The lowest BCUT2D eigenvalue weighted by Gasteiger charge is -2.47. The Hall–Kier alpha value is -2.45. The fourth-order valence-electron chi connectivity index (χ4n) is 3.69. The smallest absolute Gasteiger partial charge is 0.410 e. The largest absolute Gasteiger partial charge is 0.444 e. The lowest BCUT2D eigenvalue weighted by Crippen LogP contribution is -2.67. The van der Waals surface area contributed by atoms with Crippen molar-refractivity contribution in [1.29, 1.82) is 0 Å². The van der Waals surface area contributed by atoms with Crippen molar-refractivity contribution in [2.24, 2.45) is 0 Å². The average Bonchev–Trinajstić information content (AvgIpc) is 2.77. The minimum absolute atomic E-state index is 0.122. The molecular formula is C25H33NO6. The molecule has 0 aliphatic carbocycles. The highest BCUT2D eigenvalue weighted by Gasteiger charge is 2.50. The van der Waals surface area contributed by atoms with E-state index in [4.69, 9.17) is 14.2 Å². The number of hydrogen-bond acceptors (Lipinski definition) is 6. The van der Waals surface area contributed by atoms with Crippen LogP contribution < -0.4 is 0 Å². The maximum absolute atomic E-state index is 12.7. The van der Waals surface area contributed by atoms with Gasteiger partial charge in [-0.1, -0.05) is 60.7 Å². The normalized spacial score (nSPS) is 23.7. The zero-order chi connectivity index (χ0) is 23.2. The van der Waals surface area contributed by atoms with Gasteiger partial charge in [0.1, 0.15) is 23.4 Å². The first kappa shape index (κ1) is 24.2. The highest BCUT2D eigenvalue weighted by Crippen LogP contribution is 2.29. The first-order chi connectivity index (χ1) is 15.2. The van der Waals surface area contributed by atoms with Gasteiger partial charge in [0, 0.05) is 0 Å². The Labute approximate surface area is 189 Å². The SMILES string of the molecule is CC(C)(C)OC(=O)N1C[C@@H](OCc2ccccc2)[C@@H](OCc2ccccc2)[C@@](O)(CO)C1. The minimum Gasteiger partial charge on any atom is -0.444 e. The Balaban J connectivity index is 1.80. The number of nitrogens with zero attached hydrogens (tertiary/aromatic N) is 1. The Bertz CT molecular complexity index is 854. The van der Waals surface area contributed by atoms with Crippen molar-refractivity contribution in [3.63, 3.8) is 0 Å². The van der Waals surface area contributed by atoms with Gasteiger partial charge in [-0.25, -0.2) is 4.79 Å². The molecule has 2 aromatic rings. The van der Waals surface area contributed by atoms with Gasteiger partial charge in [-0.2, -0.15) is 0 Å². The van der Waals surface area contributed by atoms with Gasteiger partial charge in [-0.05, 0) is 31.9 Å². The van der Waals surface area contributed by atoms with Crippen LogP contribution in [-0.2, 0) is 27.4 Å². The summed E-state index contributed by atoms with van der Waals surface area (Å²) >= 11 is 0. The average molecular weight is 444 g/mol. The van der Waals surface area contributed by atoms with E-state index in [2.05, 4.69) is 0 Å². The number of aliphatic hydroxyl groups is 2. The van der Waals surface area contributed by atoms with E-state index in [1.54, 1.807) is 20.8 Å². The van der Waals surface area contributed by atoms with Crippen molar-refractivity contribution >= 4 is 6.09 Å². The molecule has 1 amide bonds. The van der Waals surface area contributed by atoms with E-state index in [0.717, 1.165) is 11.1 Å². The van der Waals surface area contributed by atoms with Gasteiger partial charge >= 0.3 is 6.09 Å². The fourth-order valence-corrected chi connectivity index (χ4v) is 3.69. The molecule has 3 atom stereocenters. The summed E-state index contributed by atoms with van der Waals surface area (Å²) in [4.78, 5) is 14.1. The lowest BCUT2D eigenvalue weighted by molar-refractivity contribution is -0.219. The molecule has 0 saturated carbocycles. The van der Waals surface area contributed by atoms with Crippen LogP contribution in [0.1, 0.15) is 31.9 Å². The highest BCUT2D eigenvalue weighted by atomic mass is 16.6. The molecule has 2 aromatic carbocycles. The van der Waals surface area contributed by atoms with Crippen molar-refractivity contribution in [2.45, 2.75) is 57.4 Å². The zero-order valence-corrected chi connectivity index (χ0v) is 18.9. The molecule has 0 unspecified atom stereocenters. The second-order valence-corrected chi connectivity index (χ2v) is 9.17. The number of benzene rings is 2. The predicted octanol–water partition coefficient (Wildman–Crippen LogP) is 3.13. The summed E-state index contributed by atoms with van der Waals surface area (Å²) in [6.45, 7) is 5.32. The third-order valence-corrected chi connectivity index (χ3v) is 5.24. The molecule has 7 nitrogen and oxygen atoms in total. The van der Waals surface area contributed by atoms with Crippen molar-refractivity contribution in [3.05, 3.63) is 71.8 Å². The van der Waals surface area contributed by atoms with Crippen LogP contribution in [0, 0.1) is 0 Å². The lowest BCUT2D eigenvalue weighted by atomic mass is 9.88. The van der Waals surface area contributed by atoms with Gasteiger partial charge in [-0.3, -0.25) is 0 Å². The minimum atomic E-state index is -1.70. The maximum atomic E-state index is 12.7. The van der Waals surface area contributed by atoms with E-state index in [1.807, 2.05) is 60.7 Å². The van der Waals surface area contributed by atoms with E-state index in [-0.39, 0.29) is 26.3 Å². The molecule has 1 aliphatic heterocycles. The van der Waals surface area contributed by atoms with Gasteiger partial charge < -0.3 is 29.3 Å². The molecule has 0 radical (unpaired) electrons. The summed E-state index contributed by atoms with van der Waals surface area (Å²) in [5, 5.41) is 21.4. The first-order valence-corrected chi connectivity index (χ1v) is 10.8. The quantitative estimate of drug-likeness (QED) is 0.684. The van der Waals surface area contributed by atoms with Crippen LogP contribution in [-0.4, -0.2) is 64.3 Å². The van der Waals surface area contributed by atoms with Crippen molar-refractivity contribution in [2.75, 3.05) is 19.7 Å². The van der Waals surface area contributed by atoms with Crippen LogP contribution in [0.5, 0.6) is 0 Å². The Kier molecular flexibility index (Phi) is 7.90. The van der Waals surface area contributed by atoms with E-state index >= 15 is 0 Å². The summed E-state index contributed by atoms with van der Waals surface area (Å²) < 4.78 is 17.7. The molecule has 0 bridgehead atoms. The van der Waals surface area contributed by atoms with Gasteiger partial charge in [0.15, 0.2) is 0 Å². The van der Waals surface area contributed by atoms with Gasteiger partial charge in [0.2, 0.25) is 0 Å². The van der Waals surface area contributed by atoms with Crippen LogP contribution in [0.2, 0.25) is 0 Å². The van der Waals surface area contributed by atoms with Crippen LogP contribution in [0.25, 0.3) is 0 Å². The van der Waals surface area contributed by atoms with Gasteiger partial charge in [-0.15, -0.1) is 0 Å². The fraction of sp³-hybridized carbons (Fsp3) is 0.480. The summed E-state index contributed by atoms with van der Waals surface area (Å²) in [5.74, 6) is 0. The monoisotopic (exact) mass is 443 g/mol. The second-order valence-electron chi connectivity index (χ2n) is 9.17. The molecule has 0 aromatic heterocycles. The standard InChI is InChI=1S/C25H33NO6/c1-24(2,3)32-23(28)26-14-21(30-15-19-10-6-4-7-11-19)22(25(29,17-26)18-27)31-16-20-12-8-5-9-13-20/h4-13,21-22,27,29H,14-18H2,1-3H3/t21-,22-,25+/m1/s1. The van der Waals surface area contributed by atoms with E-state index < -0.39 is 36.1 Å². The number of likely N-dealkylation sites (tertiary alicyclic amines) is 1. The summed E-state index contributed by atoms with van der Waals surface area (Å²) in [6.07, 6.45) is -2.08. The number of carbonyl (C=O) groups is 1. The molecule has 32 heavy (non-hydrogen) atoms. The summed E-state index contributed by atoms with van der Waals surface area (Å²) in [5.41, 5.74) is -0.499. The van der Waals surface area contributed by atoms with E-state index in [0.29, 0.717) is 0 Å². The molecule has 174 valence electrons. The van der Waals surface area contributed by atoms with Crippen LogP contribution in [0.3, 0.4) is 0 Å². The summed E-state index contributed by atoms with van der Waals surface area (Å²) in [6, 6.07) is 19.2. The first-order valence-electron chi connectivity index (χ1n) is 10.8. The number of piperidine rings is 1. The molecular weight excluding hydrogens is 410 g/mol. The van der Waals surface area contributed by atoms with Gasteiger partial charge in [0.25, 0.3) is 0 Å². The number of amides is 1. The van der Waals surface area contributed by atoms with Crippen molar-refractivity contribution in [1.82, 2.24) is 4.90 Å². The molecule has 0 spiro atoms. The Morgan fingerprint density at radius 2 is 1.53 bits per heavy atom. The number of rotatable bonds is 7. The molecule has 7 heteroatoms. The number of aliphatic hydroxyl groups excluding tert-OH is 1. The molecule has 1 aliphatic rings. The molecule has 1 heterocycles. The number of ether oxygens (including phenoxy) is 3. The number of carbonyl (C=O) groups excluding carboxylic acids is 1.